The Labute approximate surface area is 125 Å². The van der Waals surface area contributed by atoms with Crippen molar-refractivity contribution < 1.29 is 8.42 Å². The monoisotopic (exact) mass is 307 g/mol. The molecule has 0 atom stereocenters. The lowest BCUT2D eigenvalue weighted by Crippen LogP contribution is -2.25. The van der Waals surface area contributed by atoms with Crippen LogP contribution in [0.15, 0.2) is 18.3 Å². The Morgan fingerprint density at radius 3 is 2.81 bits per heavy atom. The standard InChI is InChI=1S/C15H21N3O2S/c1-2-8-18-14(17-13-4-3-7-16-15(13)18)11-12-5-9-21(19,20)10-6-12/h3-4,7,12H,2,5-6,8-11H2,1H3. The highest BCUT2D eigenvalue weighted by Gasteiger charge is 2.25. The maximum atomic E-state index is 11.5. The van der Waals surface area contributed by atoms with Crippen LogP contribution in [0.5, 0.6) is 0 Å². The summed E-state index contributed by atoms with van der Waals surface area (Å²) in [7, 11) is -2.79. The van der Waals surface area contributed by atoms with Crippen molar-refractivity contribution in [2.45, 2.75) is 39.2 Å². The van der Waals surface area contributed by atoms with Crippen LogP contribution in [0.1, 0.15) is 32.0 Å². The number of imidazole rings is 1. The summed E-state index contributed by atoms with van der Waals surface area (Å²) in [4.78, 5) is 9.15. The molecule has 0 aliphatic carbocycles. The average Bonchev–Trinajstić information content (AvgIpc) is 2.80. The van der Waals surface area contributed by atoms with Crippen molar-refractivity contribution >= 4 is 21.0 Å². The van der Waals surface area contributed by atoms with Gasteiger partial charge in [-0.2, -0.15) is 0 Å². The molecule has 1 aliphatic rings. The topological polar surface area (TPSA) is 64.8 Å². The largest absolute Gasteiger partial charge is 0.313 e. The molecule has 0 spiro atoms. The maximum absolute atomic E-state index is 11.5. The van der Waals surface area contributed by atoms with Gasteiger partial charge in [-0.15, -0.1) is 0 Å². The molecule has 1 fully saturated rings. The molecule has 5 nitrogen and oxygen atoms in total. The van der Waals surface area contributed by atoms with E-state index in [0.29, 0.717) is 17.4 Å². The Bertz CT molecular complexity index is 722. The minimum atomic E-state index is -2.79. The van der Waals surface area contributed by atoms with E-state index in [-0.39, 0.29) is 0 Å². The normalized spacial score (nSPS) is 19.1. The van der Waals surface area contributed by atoms with Crippen LogP contribution in [0.25, 0.3) is 11.2 Å². The zero-order chi connectivity index (χ0) is 14.9. The molecule has 114 valence electrons. The van der Waals surface area contributed by atoms with E-state index in [0.717, 1.165) is 49.2 Å². The smallest absolute Gasteiger partial charge is 0.159 e. The van der Waals surface area contributed by atoms with Gasteiger partial charge >= 0.3 is 0 Å². The van der Waals surface area contributed by atoms with Gasteiger partial charge in [-0.25, -0.2) is 18.4 Å². The third-order valence-electron chi connectivity index (χ3n) is 4.18. The second-order valence-electron chi connectivity index (χ2n) is 5.83. The number of pyridine rings is 1. The summed E-state index contributed by atoms with van der Waals surface area (Å²) in [5, 5.41) is 0. The van der Waals surface area contributed by atoms with Crippen LogP contribution in [0.2, 0.25) is 0 Å². The first kappa shape index (κ1) is 14.5. The quantitative estimate of drug-likeness (QED) is 0.868. The average molecular weight is 307 g/mol. The summed E-state index contributed by atoms with van der Waals surface area (Å²) in [6, 6.07) is 3.89. The lowest BCUT2D eigenvalue weighted by molar-refractivity contribution is 0.445. The van der Waals surface area contributed by atoms with Gasteiger partial charge in [-0.1, -0.05) is 6.92 Å². The zero-order valence-electron chi connectivity index (χ0n) is 12.3. The number of nitrogens with zero attached hydrogens (tertiary/aromatic N) is 3. The van der Waals surface area contributed by atoms with E-state index in [1.54, 1.807) is 6.20 Å². The lowest BCUT2D eigenvalue weighted by Gasteiger charge is -2.21. The molecule has 2 aromatic rings. The van der Waals surface area contributed by atoms with E-state index in [9.17, 15) is 8.42 Å². The fraction of sp³-hybridized carbons (Fsp3) is 0.600. The number of hydrogen-bond donors (Lipinski definition) is 0. The Morgan fingerprint density at radius 1 is 1.33 bits per heavy atom. The van der Waals surface area contributed by atoms with E-state index < -0.39 is 9.84 Å². The second kappa shape index (κ2) is 5.75. The molecule has 0 amide bonds. The Morgan fingerprint density at radius 2 is 2.10 bits per heavy atom. The summed E-state index contributed by atoms with van der Waals surface area (Å²) >= 11 is 0. The predicted octanol–water partition coefficient (Wildman–Crippen LogP) is 2.21. The first-order chi connectivity index (χ1) is 10.1. The maximum Gasteiger partial charge on any atom is 0.159 e. The SMILES string of the molecule is CCCn1c(CC2CCS(=O)(=O)CC2)nc2cccnc21. The summed E-state index contributed by atoms with van der Waals surface area (Å²) < 4.78 is 25.2. The van der Waals surface area contributed by atoms with Crippen LogP contribution in [-0.2, 0) is 22.8 Å². The predicted molar refractivity (Wildman–Crippen MR) is 82.9 cm³/mol. The van der Waals surface area contributed by atoms with E-state index in [4.69, 9.17) is 4.98 Å². The molecular weight excluding hydrogens is 286 g/mol. The van der Waals surface area contributed by atoms with Gasteiger partial charge in [0, 0.05) is 19.2 Å². The second-order valence-corrected chi connectivity index (χ2v) is 8.13. The van der Waals surface area contributed by atoms with Crippen molar-refractivity contribution in [3.8, 4) is 0 Å². The van der Waals surface area contributed by atoms with Gasteiger partial charge in [0.15, 0.2) is 5.65 Å². The van der Waals surface area contributed by atoms with Crippen LogP contribution in [-0.4, -0.2) is 34.5 Å². The van der Waals surface area contributed by atoms with Crippen molar-refractivity contribution in [2.24, 2.45) is 5.92 Å². The summed E-state index contributed by atoms with van der Waals surface area (Å²) in [6.07, 6.45) is 5.20. The summed E-state index contributed by atoms with van der Waals surface area (Å²) in [5.74, 6) is 2.11. The fourth-order valence-corrected chi connectivity index (χ4v) is 4.61. The van der Waals surface area contributed by atoms with Gasteiger partial charge in [0.05, 0.1) is 11.5 Å². The van der Waals surface area contributed by atoms with Gasteiger partial charge in [-0.3, -0.25) is 0 Å². The minimum Gasteiger partial charge on any atom is -0.313 e. The van der Waals surface area contributed by atoms with E-state index in [2.05, 4.69) is 16.5 Å². The molecule has 0 saturated carbocycles. The number of aromatic nitrogens is 3. The first-order valence-corrected chi connectivity index (χ1v) is 9.42. The molecule has 21 heavy (non-hydrogen) atoms. The summed E-state index contributed by atoms with van der Waals surface area (Å²) in [6.45, 7) is 3.06. The molecule has 0 bridgehead atoms. The van der Waals surface area contributed by atoms with Crippen LogP contribution < -0.4 is 0 Å². The fourth-order valence-electron chi connectivity index (χ4n) is 3.02. The third-order valence-corrected chi connectivity index (χ3v) is 5.89. The molecule has 3 rings (SSSR count). The van der Waals surface area contributed by atoms with E-state index in [1.807, 2.05) is 12.1 Å². The van der Waals surface area contributed by atoms with Crippen molar-refractivity contribution in [3.05, 3.63) is 24.2 Å². The molecule has 0 N–H and O–H groups in total. The van der Waals surface area contributed by atoms with Crippen LogP contribution >= 0.6 is 0 Å². The zero-order valence-corrected chi connectivity index (χ0v) is 13.1. The van der Waals surface area contributed by atoms with Crippen LogP contribution in [0, 0.1) is 5.92 Å². The molecular formula is C15H21N3O2S. The van der Waals surface area contributed by atoms with E-state index in [1.165, 1.54) is 0 Å². The molecule has 6 heteroatoms. The molecule has 1 saturated heterocycles. The Kier molecular flexibility index (Phi) is 3.97. The van der Waals surface area contributed by atoms with Gasteiger partial charge in [0.1, 0.15) is 21.2 Å². The molecule has 1 aliphatic heterocycles. The van der Waals surface area contributed by atoms with Crippen molar-refractivity contribution in [3.63, 3.8) is 0 Å². The summed E-state index contributed by atoms with van der Waals surface area (Å²) in [5.41, 5.74) is 1.88. The van der Waals surface area contributed by atoms with Crippen molar-refractivity contribution in [2.75, 3.05) is 11.5 Å². The number of rotatable bonds is 4. The molecule has 0 unspecified atom stereocenters. The molecule has 3 heterocycles. The third kappa shape index (κ3) is 3.10. The highest BCUT2D eigenvalue weighted by Crippen LogP contribution is 2.24. The van der Waals surface area contributed by atoms with Crippen LogP contribution in [0.4, 0.5) is 0 Å². The highest BCUT2D eigenvalue weighted by molar-refractivity contribution is 7.91. The lowest BCUT2D eigenvalue weighted by atomic mass is 9.98. The number of hydrogen-bond acceptors (Lipinski definition) is 4. The Hall–Kier alpha value is -1.43. The van der Waals surface area contributed by atoms with Gasteiger partial charge < -0.3 is 4.57 Å². The highest BCUT2D eigenvalue weighted by atomic mass is 32.2. The van der Waals surface area contributed by atoms with Crippen LogP contribution in [0.3, 0.4) is 0 Å². The van der Waals surface area contributed by atoms with Crippen molar-refractivity contribution in [1.82, 2.24) is 14.5 Å². The van der Waals surface area contributed by atoms with Gasteiger partial charge in [0.2, 0.25) is 0 Å². The first-order valence-electron chi connectivity index (χ1n) is 7.59. The van der Waals surface area contributed by atoms with E-state index >= 15 is 0 Å². The number of fused-ring (bicyclic) bond motifs is 1. The van der Waals surface area contributed by atoms with Gasteiger partial charge in [0.25, 0.3) is 0 Å². The Balaban J connectivity index is 1.85. The number of sulfone groups is 1. The van der Waals surface area contributed by atoms with Crippen molar-refractivity contribution in [1.29, 1.82) is 0 Å². The van der Waals surface area contributed by atoms with Gasteiger partial charge in [-0.05, 0) is 37.3 Å². The molecule has 0 aromatic carbocycles. The minimum absolute atomic E-state index is 0.323. The molecule has 0 radical (unpaired) electrons. The number of aryl methyl sites for hydroxylation is 1. The molecule has 2 aromatic heterocycles.